The first kappa shape index (κ1) is 12.4. The lowest BCUT2D eigenvalue weighted by atomic mass is 9.94. The molecule has 3 heteroatoms. The van der Waals surface area contributed by atoms with E-state index in [0.29, 0.717) is 12.5 Å². The summed E-state index contributed by atoms with van der Waals surface area (Å²) in [5.74, 6) is 0.366. The first-order valence-electron chi connectivity index (χ1n) is 6.29. The molecule has 1 heterocycles. The molecule has 2 rings (SSSR count). The average Bonchev–Trinajstić information content (AvgIpc) is 2.32. The summed E-state index contributed by atoms with van der Waals surface area (Å²) in [6, 6.07) is 7.88. The van der Waals surface area contributed by atoms with Gasteiger partial charge in [-0.25, -0.2) is 0 Å². The number of benzene rings is 1. The van der Waals surface area contributed by atoms with Gasteiger partial charge in [0.05, 0.1) is 12.2 Å². The Kier molecular flexibility index (Phi) is 3.69. The van der Waals surface area contributed by atoms with Crippen LogP contribution in [0.25, 0.3) is 0 Å². The van der Waals surface area contributed by atoms with Gasteiger partial charge in [0, 0.05) is 24.3 Å². The van der Waals surface area contributed by atoms with Crippen LogP contribution in [0.2, 0.25) is 0 Å². The van der Waals surface area contributed by atoms with Gasteiger partial charge >= 0.3 is 0 Å². The molecule has 3 unspecified atom stereocenters. The second-order valence-electron chi connectivity index (χ2n) is 5.01. The van der Waals surface area contributed by atoms with Crippen molar-refractivity contribution in [3.63, 3.8) is 0 Å². The minimum atomic E-state index is -0.470. The number of hydrogen-bond acceptors (Lipinski definition) is 3. The van der Waals surface area contributed by atoms with Gasteiger partial charge in [0.1, 0.15) is 0 Å². The number of β-amino-alcohol motifs (C(OH)–C–C–N with tert-alkyl or cyclic N) is 1. The summed E-state index contributed by atoms with van der Waals surface area (Å²) < 4.78 is 0. The van der Waals surface area contributed by atoms with E-state index in [-0.39, 0.29) is 6.10 Å². The van der Waals surface area contributed by atoms with Crippen LogP contribution < -0.4 is 4.90 Å². The lowest BCUT2D eigenvalue weighted by Crippen LogP contribution is -2.43. The minimum Gasteiger partial charge on any atom is -0.391 e. The van der Waals surface area contributed by atoms with Gasteiger partial charge in [-0.1, -0.05) is 25.1 Å². The van der Waals surface area contributed by atoms with E-state index in [1.54, 1.807) is 6.92 Å². The Morgan fingerprint density at radius 1 is 1.35 bits per heavy atom. The zero-order chi connectivity index (χ0) is 12.4. The van der Waals surface area contributed by atoms with Crippen LogP contribution in [0.15, 0.2) is 24.3 Å². The van der Waals surface area contributed by atoms with E-state index in [2.05, 4.69) is 11.8 Å². The molecule has 17 heavy (non-hydrogen) atoms. The molecule has 3 nitrogen and oxygen atoms in total. The summed E-state index contributed by atoms with van der Waals surface area (Å²) >= 11 is 0. The van der Waals surface area contributed by atoms with Crippen LogP contribution in [-0.4, -0.2) is 29.4 Å². The van der Waals surface area contributed by atoms with E-state index in [0.717, 1.165) is 24.2 Å². The molecule has 1 saturated heterocycles. The van der Waals surface area contributed by atoms with E-state index >= 15 is 0 Å². The standard InChI is InChI=1S/C14H21NO2/c1-10-7-8-15(9-14(10)17)13-6-4-3-5-12(13)11(2)16/h3-6,10-11,14,16-17H,7-9H2,1-2H3. The van der Waals surface area contributed by atoms with Crippen LogP contribution >= 0.6 is 0 Å². The number of rotatable bonds is 2. The Morgan fingerprint density at radius 2 is 2.06 bits per heavy atom. The Morgan fingerprint density at radius 3 is 2.71 bits per heavy atom. The highest BCUT2D eigenvalue weighted by Crippen LogP contribution is 2.29. The normalized spacial score (nSPS) is 26.9. The van der Waals surface area contributed by atoms with E-state index in [1.807, 2.05) is 24.3 Å². The maximum Gasteiger partial charge on any atom is 0.0781 e. The van der Waals surface area contributed by atoms with Crippen molar-refractivity contribution >= 4 is 5.69 Å². The van der Waals surface area contributed by atoms with Crippen LogP contribution in [0.1, 0.15) is 31.9 Å². The average molecular weight is 235 g/mol. The van der Waals surface area contributed by atoms with Crippen molar-refractivity contribution in [2.45, 2.75) is 32.5 Å². The molecule has 0 aliphatic carbocycles. The molecule has 0 bridgehead atoms. The second-order valence-corrected chi connectivity index (χ2v) is 5.01. The van der Waals surface area contributed by atoms with Crippen molar-refractivity contribution in [3.8, 4) is 0 Å². The van der Waals surface area contributed by atoms with Gasteiger partial charge in [-0.05, 0) is 25.3 Å². The molecule has 1 aliphatic rings. The predicted octanol–water partition coefficient (Wildman–Crippen LogP) is 1.95. The lowest BCUT2D eigenvalue weighted by Gasteiger charge is -2.37. The third kappa shape index (κ3) is 2.61. The number of aliphatic hydroxyl groups excluding tert-OH is 2. The van der Waals surface area contributed by atoms with Crippen molar-refractivity contribution in [2.24, 2.45) is 5.92 Å². The number of aliphatic hydroxyl groups is 2. The largest absolute Gasteiger partial charge is 0.391 e. The van der Waals surface area contributed by atoms with Gasteiger partial charge < -0.3 is 15.1 Å². The molecular weight excluding hydrogens is 214 g/mol. The van der Waals surface area contributed by atoms with Crippen LogP contribution in [0.3, 0.4) is 0 Å². The molecule has 1 aromatic rings. The highest BCUT2D eigenvalue weighted by Gasteiger charge is 2.25. The fourth-order valence-electron chi connectivity index (χ4n) is 2.40. The molecule has 94 valence electrons. The van der Waals surface area contributed by atoms with Gasteiger partial charge in [0.15, 0.2) is 0 Å². The summed E-state index contributed by atoms with van der Waals surface area (Å²) in [4.78, 5) is 2.17. The quantitative estimate of drug-likeness (QED) is 0.823. The SMILES string of the molecule is CC(O)c1ccccc1N1CCC(C)C(O)C1. The molecule has 2 N–H and O–H groups in total. The Balaban J connectivity index is 2.22. The van der Waals surface area contributed by atoms with Gasteiger partial charge in [0.2, 0.25) is 0 Å². The molecule has 1 fully saturated rings. The van der Waals surface area contributed by atoms with Crippen molar-refractivity contribution < 1.29 is 10.2 Å². The molecule has 1 aliphatic heterocycles. The minimum absolute atomic E-state index is 0.272. The number of hydrogen-bond donors (Lipinski definition) is 2. The summed E-state index contributed by atoms with van der Waals surface area (Å²) in [7, 11) is 0. The Labute approximate surface area is 103 Å². The molecule has 0 radical (unpaired) electrons. The number of para-hydroxylation sites is 1. The monoisotopic (exact) mass is 235 g/mol. The van der Waals surface area contributed by atoms with Crippen LogP contribution in [-0.2, 0) is 0 Å². The second kappa shape index (κ2) is 5.07. The zero-order valence-electron chi connectivity index (χ0n) is 10.5. The lowest BCUT2D eigenvalue weighted by molar-refractivity contribution is 0.102. The van der Waals surface area contributed by atoms with Crippen molar-refractivity contribution in [3.05, 3.63) is 29.8 Å². The molecule has 1 aromatic carbocycles. The molecular formula is C14H21NO2. The third-order valence-electron chi connectivity index (χ3n) is 3.65. The first-order chi connectivity index (χ1) is 8.09. The fourth-order valence-corrected chi connectivity index (χ4v) is 2.40. The van der Waals surface area contributed by atoms with Crippen molar-refractivity contribution in [1.82, 2.24) is 0 Å². The van der Waals surface area contributed by atoms with Gasteiger partial charge in [0.25, 0.3) is 0 Å². The Bertz CT molecular complexity index is 378. The number of nitrogens with zero attached hydrogens (tertiary/aromatic N) is 1. The predicted molar refractivity (Wildman–Crippen MR) is 69.1 cm³/mol. The highest BCUT2D eigenvalue weighted by molar-refractivity contribution is 5.55. The molecule has 3 atom stereocenters. The maximum atomic E-state index is 9.93. The first-order valence-corrected chi connectivity index (χ1v) is 6.29. The Hall–Kier alpha value is -1.06. The molecule has 0 amide bonds. The topological polar surface area (TPSA) is 43.7 Å². The zero-order valence-corrected chi connectivity index (χ0v) is 10.5. The van der Waals surface area contributed by atoms with Gasteiger partial charge in [-0.15, -0.1) is 0 Å². The number of anilines is 1. The van der Waals surface area contributed by atoms with E-state index in [1.165, 1.54) is 0 Å². The summed E-state index contributed by atoms with van der Waals surface area (Å²) in [6.45, 7) is 5.47. The van der Waals surface area contributed by atoms with Gasteiger partial charge in [-0.2, -0.15) is 0 Å². The molecule has 0 spiro atoms. The van der Waals surface area contributed by atoms with Crippen molar-refractivity contribution in [1.29, 1.82) is 0 Å². The number of piperidine rings is 1. The van der Waals surface area contributed by atoms with Crippen LogP contribution in [0.4, 0.5) is 5.69 Å². The van der Waals surface area contributed by atoms with Crippen LogP contribution in [0, 0.1) is 5.92 Å². The smallest absolute Gasteiger partial charge is 0.0781 e. The summed E-state index contributed by atoms with van der Waals surface area (Å²) in [6.07, 6.45) is 0.253. The maximum absolute atomic E-state index is 9.93. The van der Waals surface area contributed by atoms with E-state index in [4.69, 9.17) is 0 Å². The summed E-state index contributed by atoms with van der Waals surface area (Å²) in [5, 5.41) is 19.7. The third-order valence-corrected chi connectivity index (χ3v) is 3.65. The molecule has 0 aromatic heterocycles. The fraction of sp³-hybridized carbons (Fsp3) is 0.571. The van der Waals surface area contributed by atoms with Gasteiger partial charge in [-0.3, -0.25) is 0 Å². The summed E-state index contributed by atoms with van der Waals surface area (Å²) in [5.41, 5.74) is 1.99. The van der Waals surface area contributed by atoms with E-state index < -0.39 is 6.10 Å². The van der Waals surface area contributed by atoms with E-state index in [9.17, 15) is 10.2 Å². The van der Waals surface area contributed by atoms with Crippen LogP contribution in [0.5, 0.6) is 0 Å². The van der Waals surface area contributed by atoms with Crippen molar-refractivity contribution in [2.75, 3.05) is 18.0 Å². The highest BCUT2D eigenvalue weighted by atomic mass is 16.3. The molecule has 0 saturated carbocycles.